The molecule has 114 valence electrons. The van der Waals surface area contributed by atoms with E-state index >= 15 is 0 Å². The summed E-state index contributed by atoms with van der Waals surface area (Å²) in [6.07, 6.45) is 6.71. The van der Waals surface area contributed by atoms with Gasteiger partial charge in [-0.15, -0.1) is 0 Å². The normalized spacial score (nSPS) is 16.8. The van der Waals surface area contributed by atoms with Crippen molar-refractivity contribution in [2.45, 2.75) is 42.5 Å². The molecule has 1 fully saturated rings. The Morgan fingerprint density at radius 3 is 2.95 bits per heavy atom. The maximum Gasteiger partial charge on any atom is 0.187 e. The number of imidazole rings is 1. The van der Waals surface area contributed by atoms with E-state index in [-0.39, 0.29) is 22.0 Å². The average Bonchev–Trinajstić information content (AvgIpc) is 3.06. The fourth-order valence-electron chi connectivity index (χ4n) is 2.19. The molecular weight excluding hydrogens is 310 g/mol. The van der Waals surface area contributed by atoms with Crippen molar-refractivity contribution < 1.29 is 8.42 Å². The summed E-state index contributed by atoms with van der Waals surface area (Å²) in [6, 6.07) is 0.0344. The van der Waals surface area contributed by atoms with Gasteiger partial charge in [0, 0.05) is 25.0 Å². The van der Waals surface area contributed by atoms with E-state index < -0.39 is 9.84 Å². The Morgan fingerprint density at radius 2 is 2.33 bits per heavy atom. The second-order valence-corrected chi connectivity index (χ2v) is 8.21. The van der Waals surface area contributed by atoms with Gasteiger partial charge in [-0.3, -0.25) is 0 Å². The van der Waals surface area contributed by atoms with Gasteiger partial charge in [-0.05, 0) is 31.3 Å². The lowest BCUT2D eigenvalue weighted by molar-refractivity contribution is 0.594. The van der Waals surface area contributed by atoms with Crippen molar-refractivity contribution in [1.82, 2.24) is 13.9 Å². The molecule has 2 heterocycles. The third kappa shape index (κ3) is 2.88. The van der Waals surface area contributed by atoms with Crippen molar-refractivity contribution in [3.05, 3.63) is 18.7 Å². The van der Waals surface area contributed by atoms with Crippen LogP contribution in [0.5, 0.6) is 0 Å². The Hall–Kier alpha value is -1.61. The Bertz CT molecular complexity index is 719. The van der Waals surface area contributed by atoms with Crippen LogP contribution in [0.1, 0.15) is 19.8 Å². The van der Waals surface area contributed by atoms with Gasteiger partial charge < -0.3 is 15.6 Å². The van der Waals surface area contributed by atoms with Crippen LogP contribution in [0.2, 0.25) is 0 Å². The maximum atomic E-state index is 12.4. The number of nitrogens with one attached hydrogen (secondary N) is 1. The van der Waals surface area contributed by atoms with E-state index in [1.54, 1.807) is 12.5 Å². The first-order chi connectivity index (χ1) is 9.98. The fraction of sp³-hybridized carbons (Fsp3) is 0.500. The van der Waals surface area contributed by atoms with Crippen LogP contribution in [0.4, 0.5) is 10.8 Å². The first-order valence-electron chi connectivity index (χ1n) is 6.70. The van der Waals surface area contributed by atoms with Crippen LogP contribution < -0.4 is 11.1 Å². The smallest absolute Gasteiger partial charge is 0.187 e. The zero-order valence-corrected chi connectivity index (χ0v) is 13.2. The van der Waals surface area contributed by atoms with E-state index in [1.807, 2.05) is 17.7 Å². The van der Waals surface area contributed by atoms with E-state index in [2.05, 4.69) is 14.7 Å². The van der Waals surface area contributed by atoms with Crippen molar-refractivity contribution in [3.63, 3.8) is 0 Å². The van der Waals surface area contributed by atoms with Gasteiger partial charge in [-0.25, -0.2) is 13.4 Å². The second-order valence-electron chi connectivity index (χ2n) is 5.28. The van der Waals surface area contributed by atoms with Gasteiger partial charge in [-0.2, -0.15) is 4.37 Å². The lowest BCUT2D eigenvalue weighted by Gasteiger charge is -2.15. The molecule has 1 atom stereocenters. The molecule has 3 rings (SSSR count). The number of nitrogens with two attached hydrogens (primary N) is 1. The highest BCUT2D eigenvalue weighted by molar-refractivity contribution is 7.92. The molecule has 0 radical (unpaired) electrons. The first-order valence-corrected chi connectivity index (χ1v) is 9.01. The van der Waals surface area contributed by atoms with Gasteiger partial charge in [0.2, 0.25) is 0 Å². The molecule has 1 saturated carbocycles. The molecule has 21 heavy (non-hydrogen) atoms. The Labute approximate surface area is 127 Å². The van der Waals surface area contributed by atoms with Crippen LogP contribution in [0.15, 0.2) is 23.6 Å². The largest absolute Gasteiger partial charge is 0.382 e. The number of nitrogen functional groups attached to an aromatic ring is 1. The number of anilines is 2. The van der Waals surface area contributed by atoms with E-state index in [4.69, 9.17) is 5.73 Å². The topological polar surface area (TPSA) is 103 Å². The summed E-state index contributed by atoms with van der Waals surface area (Å²) in [6.45, 7) is 2.66. The van der Waals surface area contributed by atoms with E-state index in [9.17, 15) is 8.42 Å². The van der Waals surface area contributed by atoms with Gasteiger partial charge in [0.1, 0.15) is 9.90 Å². The SMILES string of the molecule is CC(Cn1ccnc1)Nc1snc(N)c1S(=O)(=O)C1CC1. The molecule has 7 nitrogen and oxygen atoms in total. The highest BCUT2D eigenvalue weighted by Crippen LogP contribution is 2.41. The molecule has 0 amide bonds. The summed E-state index contributed by atoms with van der Waals surface area (Å²) in [5.41, 5.74) is 5.77. The quantitative estimate of drug-likeness (QED) is 0.830. The molecule has 1 aliphatic carbocycles. The molecule has 2 aromatic heterocycles. The summed E-state index contributed by atoms with van der Waals surface area (Å²) in [7, 11) is -3.35. The average molecular weight is 327 g/mol. The zero-order valence-electron chi connectivity index (χ0n) is 11.6. The van der Waals surface area contributed by atoms with Crippen molar-refractivity contribution in [2.24, 2.45) is 0 Å². The molecular formula is C12H17N5O2S2. The molecule has 0 spiro atoms. The van der Waals surface area contributed by atoms with Crippen molar-refractivity contribution >= 4 is 32.2 Å². The minimum atomic E-state index is -3.35. The molecule has 3 N–H and O–H groups in total. The summed E-state index contributed by atoms with van der Waals surface area (Å²) < 4.78 is 30.8. The van der Waals surface area contributed by atoms with Gasteiger partial charge in [-0.1, -0.05) is 0 Å². The number of sulfone groups is 1. The summed E-state index contributed by atoms with van der Waals surface area (Å²) in [5.74, 6) is 0.101. The molecule has 9 heteroatoms. The number of hydrogen-bond donors (Lipinski definition) is 2. The van der Waals surface area contributed by atoms with Crippen molar-refractivity contribution in [1.29, 1.82) is 0 Å². The van der Waals surface area contributed by atoms with E-state index in [0.717, 1.165) is 11.5 Å². The number of aromatic nitrogens is 3. The number of rotatable bonds is 6. The van der Waals surface area contributed by atoms with Crippen molar-refractivity contribution in [3.8, 4) is 0 Å². The van der Waals surface area contributed by atoms with Crippen LogP contribution in [-0.2, 0) is 16.4 Å². The molecule has 1 aliphatic rings. The molecule has 2 aromatic rings. The van der Waals surface area contributed by atoms with Crippen LogP contribution in [0.25, 0.3) is 0 Å². The monoisotopic (exact) mass is 327 g/mol. The Kier molecular flexibility index (Phi) is 3.62. The molecule has 0 aromatic carbocycles. The van der Waals surface area contributed by atoms with Crippen LogP contribution in [0.3, 0.4) is 0 Å². The lowest BCUT2D eigenvalue weighted by Crippen LogP contribution is -2.22. The highest BCUT2D eigenvalue weighted by Gasteiger charge is 2.40. The van der Waals surface area contributed by atoms with E-state index in [0.29, 0.717) is 24.4 Å². The van der Waals surface area contributed by atoms with Gasteiger partial charge in [0.15, 0.2) is 15.7 Å². The Morgan fingerprint density at radius 1 is 1.57 bits per heavy atom. The fourth-order valence-corrected chi connectivity index (χ4v) is 5.17. The third-order valence-electron chi connectivity index (χ3n) is 3.34. The maximum absolute atomic E-state index is 12.4. The second kappa shape index (κ2) is 5.30. The zero-order chi connectivity index (χ0) is 15.0. The predicted octanol–water partition coefficient (Wildman–Crippen LogP) is 1.36. The number of nitrogens with zero attached hydrogens (tertiary/aromatic N) is 3. The molecule has 1 unspecified atom stereocenters. The van der Waals surface area contributed by atoms with E-state index in [1.165, 1.54) is 0 Å². The summed E-state index contributed by atoms with van der Waals surface area (Å²) in [4.78, 5) is 4.16. The van der Waals surface area contributed by atoms with Crippen molar-refractivity contribution in [2.75, 3.05) is 11.1 Å². The minimum Gasteiger partial charge on any atom is -0.382 e. The summed E-state index contributed by atoms with van der Waals surface area (Å²) in [5, 5.41) is 3.45. The van der Waals surface area contributed by atoms with Gasteiger partial charge in [0.05, 0.1) is 11.6 Å². The van der Waals surface area contributed by atoms with Gasteiger partial charge >= 0.3 is 0 Å². The van der Waals surface area contributed by atoms with Crippen LogP contribution >= 0.6 is 11.5 Å². The standard InChI is InChI=1S/C12H17N5O2S2/c1-8(6-17-5-4-14-7-17)15-12-10(11(13)16-20-12)21(18,19)9-2-3-9/h4-5,7-9,15H,2-3,6H2,1H3,(H2,13,16). The first kappa shape index (κ1) is 14.3. The van der Waals surface area contributed by atoms with Crippen LogP contribution in [0, 0.1) is 0 Å². The predicted molar refractivity (Wildman–Crippen MR) is 82.0 cm³/mol. The lowest BCUT2D eigenvalue weighted by atomic mass is 10.3. The Balaban J connectivity index is 1.80. The highest BCUT2D eigenvalue weighted by atomic mass is 32.2. The molecule has 0 saturated heterocycles. The van der Waals surface area contributed by atoms with Gasteiger partial charge in [0.25, 0.3) is 0 Å². The summed E-state index contributed by atoms with van der Waals surface area (Å²) >= 11 is 1.10. The number of hydrogen-bond acceptors (Lipinski definition) is 7. The molecule has 0 aliphatic heterocycles. The molecule has 0 bridgehead atoms. The third-order valence-corrected chi connectivity index (χ3v) is 6.60. The van der Waals surface area contributed by atoms with Crippen LogP contribution in [-0.4, -0.2) is 33.6 Å². The minimum absolute atomic E-state index is 0.0344.